The van der Waals surface area contributed by atoms with Gasteiger partial charge in [-0.25, -0.2) is 0 Å². The number of halogens is 1. The molecular weight excluding hydrogens is 466 g/mol. The predicted molar refractivity (Wildman–Crippen MR) is 140 cm³/mol. The normalized spacial score (nSPS) is 11.4. The number of allylic oxidation sites excluding steroid dienone is 1. The first-order valence-corrected chi connectivity index (χ1v) is 11.5. The number of amides is 1. The van der Waals surface area contributed by atoms with Crippen LogP contribution in [0.4, 0.5) is 5.69 Å². The minimum Gasteiger partial charge on any atom is -0.493 e. The van der Waals surface area contributed by atoms with Gasteiger partial charge in [-0.05, 0) is 55.3 Å². The molecule has 4 rings (SSSR count). The third-order valence-electron chi connectivity index (χ3n) is 5.57. The van der Waals surface area contributed by atoms with Crippen molar-refractivity contribution in [2.75, 3.05) is 26.1 Å². The van der Waals surface area contributed by atoms with Crippen molar-refractivity contribution < 1.29 is 23.4 Å². The fraction of sp³-hybridized carbons (Fsp3) is 0.179. The summed E-state index contributed by atoms with van der Waals surface area (Å²) in [6, 6.07) is 16.6. The zero-order chi connectivity index (χ0) is 24.9. The number of carbonyl (C=O) groups excluding carboxylic acids is 1. The number of methoxy groups -OCH3 is 2. The van der Waals surface area contributed by atoms with Crippen molar-refractivity contribution in [1.29, 1.82) is 0 Å². The topological polar surface area (TPSA) is 69.9 Å². The molecule has 4 aromatic rings. The Balaban J connectivity index is 1.75. The predicted octanol–water partition coefficient (Wildman–Crippen LogP) is 7.21. The second-order valence-electron chi connectivity index (χ2n) is 7.79. The number of hydrogen-bond donors (Lipinski definition) is 1. The van der Waals surface area contributed by atoms with Gasteiger partial charge in [-0.15, -0.1) is 0 Å². The minimum absolute atomic E-state index is 0.287. The maximum atomic E-state index is 12.7. The first-order valence-electron chi connectivity index (χ1n) is 11.1. The quantitative estimate of drug-likeness (QED) is 0.264. The van der Waals surface area contributed by atoms with Crippen LogP contribution in [-0.4, -0.2) is 26.7 Å². The van der Waals surface area contributed by atoms with Gasteiger partial charge in [0.15, 0.2) is 11.5 Å². The van der Waals surface area contributed by atoms with Crippen LogP contribution in [0.2, 0.25) is 5.02 Å². The Bertz CT molecular complexity index is 1410. The summed E-state index contributed by atoms with van der Waals surface area (Å²) in [5.41, 5.74) is 4.55. The lowest BCUT2D eigenvalue weighted by Gasteiger charge is -2.12. The van der Waals surface area contributed by atoms with Crippen LogP contribution in [0, 0.1) is 0 Å². The third-order valence-corrected chi connectivity index (χ3v) is 5.90. The van der Waals surface area contributed by atoms with Crippen LogP contribution in [0.1, 0.15) is 19.4 Å². The van der Waals surface area contributed by atoms with Crippen molar-refractivity contribution in [3.63, 3.8) is 0 Å². The molecule has 1 heterocycles. The number of nitrogens with one attached hydrogen (secondary N) is 1. The molecule has 0 unspecified atom stereocenters. The summed E-state index contributed by atoms with van der Waals surface area (Å²) in [7, 11) is 3.20. The van der Waals surface area contributed by atoms with Gasteiger partial charge in [0, 0.05) is 28.7 Å². The van der Waals surface area contributed by atoms with Gasteiger partial charge < -0.3 is 23.9 Å². The van der Waals surface area contributed by atoms with Gasteiger partial charge in [0.2, 0.25) is 5.91 Å². The number of furan rings is 1. The molecule has 180 valence electrons. The molecule has 0 fully saturated rings. The van der Waals surface area contributed by atoms with E-state index in [9.17, 15) is 4.79 Å². The Morgan fingerprint density at radius 1 is 1.03 bits per heavy atom. The zero-order valence-corrected chi connectivity index (χ0v) is 20.7. The van der Waals surface area contributed by atoms with Crippen molar-refractivity contribution in [1.82, 2.24) is 0 Å². The molecule has 0 spiro atoms. The smallest absolute Gasteiger partial charge is 0.248 e. The Hall–Kier alpha value is -3.90. The summed E-state index contributed by atoms with van der Waals surface area (Å²) in [6.45, 7) is 4.25. The first kappa shape index (κ1) is 24.2. The third kappa shape index (κ3) is 5.12. The number of rotatable bonds is 8. The Morgan fingerprint density at radius 3 is 2.51 bits per heavy atom. The highest BCUT2D eigenvalue weighted by atomic mass is 35.5. The molecule has 1 aromatic heterocycles. The fourth-order valence-corrected chi connectivity index (χ4v) is 4.05. The minimum atomic E-state index is -0.287. The van der Waals surface area contributed by atoms with E-state index in [4.69, 9.17) is 30.2 Å². The standard InChI is InChI=1S/C28H26ClNO5/c1-5-34-25-15-26-20(21(16-35-26)18-10-11-24(32-3)27(13-18)33-4)14-19(25)17(2)12-28(31)30-23-9-7-6-8-22(23)29/h6-16H,5H2,1-4H3,(H,30,31)/b17-12+. The number of carbonyl (C=O) groups is 1. The number of anilines is 1. The molecule has 0 radical (unpaired) electrons. The van der Waals surface area contributed by atoms with Crippen LogP contribution in [0.5, 0.6) is 17.2 Å². The summed E-state index contributed by atoms with van der Waals surface area (Å²) in [4.78, 5) is 12.7. The van der Waals surface area contributed by atoms with Crippen LogP contribution in [0.15, 0.2) is 71.4 Å². The molecule has 0 saturated carbocycles. The van der Waals surface area contributed by atoms with E-state index in [-0.39, 0.29) is 5.91 Å². The van der Waals surface area contributed by atoms with E-state index in [1.165, 1.54) is 6.08 Å². The van der Waals surface area contributed by atoms with Crippen LogP contribution < -0.4 is 19.5 Å². The SMILES string of the molecule is CCOc1cc2occ(-c3ccc(OC)c(OC)c3)c2cc1/C(C)=C/C(=O)Nc1ccccc1Cl. The molecule has 35 heavy (non-hydrogen) atoms. The molecule has 0 aliphatic rings. The number of ether oxygens (including phenoxy) is 3. The molecule has 0 aliphatic carbocycles. The Kier molecular flexibility index (Phi) is 7.32. The van der Waals surface area contributed by atoms with Gasteiger partial charge in [-0.3, -0.25) is 4.79 Å². The van der Waals surface area contributed by atoms with E-state index in [1.54, 1.807) is 32.6 Å². The molecule has 0 saturated heterocycles. The number of benzene rings is 3. The van der Waals surface area contributed by atoms with E-state index < -0.39 is 0 Å². The largest absolute Gasteiger partial charge is 0.493 e. The Morgan fingerprint density at radius 2 is 1.80 bits per heavy atom. The highest BCUT2D eigenvalue weighted by Gasteiger charge is 2.17. The Labute approximate surface area is 209 Å². The average Bonchev–Trinajstić information content (AvgIpc) is 3.27. The van der Waals surface area contributed by atoms with E-state index in [0.29, 0.717) is 40.1 Å². The lowest BCUT2D eigenvalue weighted by atomic mass is 9.99. The maximum Gasteiger partial charge on any atom is 0.248 e. The molecule has 0 bridgehead atoms. The second-order valence-corrected chi connectivity index (χ2v) is 8.20. The first-order chi connectivity index (χ1) is 16.9. The van der Waals surface area contributed by atoms with Gasteiger partial charge in [-0.1, -0.05) is 29.8 Å². The van der Waals surface area contributed by atoms with Crippen LogP contribution in [-0.2, 0) is 4.79 Å². The van der Waals surface area contributed by atoms with Crippen molar-refractivity contribution in [3.8, 4) is 28.4 Å². The lowest BCUT2D eigenvalue weighted by molar-refractivity contribution is -0.111. The van der Waals surface area contributed by atoms with Crippen LogP contribution in [0.3, 0.4) is 0 Å². The zero-order valence-electron chi connectivity index (χ0n) is 20.0. The molecular formula is C28H26ClNO5. The van der Waals surface area contributed by atoms with E-state index in [0.717, 1.165) is 27.6 Å². The summed E-state index contributed by atoms with van der Waals surface area (Å²) < 4.78 is 22.6. The molecule has 1 N–H and O–H groups in total. The summed E-state index contributed by atoms with van der Waals surface area (Å²) in [5, 5.41) is 4.18. The van der Waals surface area contributed by atoms with Crippen molar-refractivity contribution in [3.05, 3.63) is 77.5 Å². The van der Waals surface area contributed by atoms with Crippen molar-refractivity contribution >= 4 is 39.7 Å². The van der Waals surface area contributed by atoms with Gasteiger partial charge >= 0.3 is 0 Å². The molecule has 0 aliphatic heterocycles. The van der Waals surface area contributed by atoms with E-state index in [2.05, 4.69) is 5.32 Å². The van der Waals surface area contributed by atoms with Gasteiger partial charge in [0.1, 0.15) is 11.3 Å². The molecule has 7 heteroatoms. The monoisotopic (exact) mass is 491 g/mol. The summed E-state index contributed by atoms with van der Waals surface area (Å²) in [5.74, 6) is 1.61. The van der Waals surface area contributed by atoms with E-state index in [1.807, 2.05) is 56.3 Å². The van der Waals surface area contributed by atoms with Gasteiger partial charge in [0.25, 0.3) is 0 Å². The highest BCUT2D eigenvalue weighted by molar-refractivity contribution is 6.33. The van der Waals surface area contributed by atoms with Crippen LogP contribution in [0.25, 0.3) is 27.7 Å². The highest BCUT2D eigenvalue weighted by Crippen LogP contribution is 2.40. The number of hydrogen-bond acceptors (Lipinski definition) is 5. The summed E-state index contributed by atoms with van der Waals surface area (Å²) in [6.07, 6.45) is 3.23. The lowest BCUT2D eigenvalue weighted by Crippen LogP contribution is -2.09. The van der Waals surface area contributed by atoms with Crippen molar-refractivity contribution in [2.24, 2.45) is 0 Å². The van der Waals surface area contributed by atoms with E-state index >= 15 is 0 Å². The molecule has 6 nitrogen and oxygen atoms in total. The maximum absolute atomic E-state index is 12.7. The van der Waals surface area contributed by atoms with Crippen LogP contribution >= 0.6 is 11.6 Å². The molecule has 1 amide bonds. The number of para-hydroxylation sites is 1. The second kappa shape index (κ2) is 10.6. The van der Waals surface area contributed by atoms with Crippen molar-refractivity contribution in [2.45, 2.75) is 13.8 Å². The molecule has 3 aromatic carbocycles. The average molecular weight is 492 g/mol. The van der Waals surface area contributed by atoms with Gasteiger partial charge in [0.05, 0.1) is 37.8 Å². The van der Waals surface area contributed by atoms with Gasteiger partial charge in [-0.2, -0.15) is 0 Å². The fourth-order valence-electron chi connectivity index (χ4n) is 3.87. The number of fused-ring (bicyclic) bond motifs is 1. The molecule has 0 atom stereocenters. The summed E-state index contributed by atoms with van der Waals surface area (Å²) >= 11 is 6.17.